The Hall–Kier alpha value is -0.390. The van der Waals surface area contributed by atoms with Gasteiger partial charge in [0.15, 0.2) is 0 Å². The molecule has 0 amide bonds. The molecule has 55 heavy (non-hydrogen) atoms. The summed E-state index contributed by atoms with van der Waals surface area (Å²) in [5.41, 5.74) is 0. The molecule has 0 aromatic rings. The Labute approximate surface area is 320 Å². The van der Waals surface area contributed by atoms with Crippen LogP contribution in [0.3, 0.4) is 0 Å². The quantitative estimate of drug-likeness (QED) is 0.0301. The van der Waals surface area contributed by atoms with E-state index in [1.807, 2.05) is 0 Å². The number of halogens is 1. The molecule has 34 nitrogen and oxygen atoms in total. The zero-order valence-corrected chi connectivity index (χ0v) is 33.8. The van der Waals surface area contributed by atoms with E-state index in [2.05, 4.69) is 31.8 Å². The van der Waals surface area contributed by atoms with E-state index in [4.69, 9.17) is 18.6 Å². The Morgan fingerprint density at radius 2 is 0.891 bits per heavy atom. The van der Waals surface area contributed by atoms with Crippen LogP contribution in [0.5, 0.6) is 0 Å². The Bertz CT molecular complexity index is 2280. The molecule has 0 bridgehead atoms. The molecule has 1 saturated carbocycles. The summed E-state index contributed by atoms with van der Waals surface area (Å²) < 4.78 is 300. The van der Waals surface area contributed by atoms with Crippen molar-refractivity contribution in [2.75, 3.05) is 13.2 Å². The second-order valence-corrected chi connectivity index (χ2v) is 21.2. The summed E-state index contributed by atoms with van der Waals surface area (Å²) in [6.45, 7) is -3.60. The van der Waals surface area contributed by atoms with E-state index in [1.54, 1.807) is 0 Å². The molecule has 2 fully saturated rings. The van der Waals surface area contributed by atoms with Gasteiger partial charge in [-0.05, 0) is 0 Å². The molecule has 1 heterocycles. The van der Waals surface area contributed by atoms with Crippen molar-refractivity contribution in [2.45, 2.75) is 52.9 Å². The molecular formula is C12H22IO34S8-. The Kier molecular flexibility index (Phi) is 16.3. The molecule has 0 aromatic heterocycles. The maximum absolute atomic E-state index is 11.9. The first-order valence-electron chi connectivity index (χ1n) is 12.4. The second-order valence-electron chi connectivity index (χ2n) is 9.78. The van der Waals surface area contributed by atoms with Crippen molar-refractivity contribution in [1.29, 1.82) is 0 Å². The first-order chi connectivity index (χ1) is 24.2. The molecule has 43 heteroatoms. The van der Waals surface area contributed by atoms with Crippen molar-refractivity contribution in [3.05, 3.63) is 0 Å². The van der Waals surface area contributed by atoms with E-state index < -0.39 is 177 Å². The van der Waals surface area contributed by atoms with Gasteiger partial charge in [0.1, 0.15) is 0 Å². The van der Waals surface area contributed by atoms with Crippen LogP contribution in [0.1, 0.15) is 6.42 Å². The standard InChI is InChI=1S/C12H22IO34S8/c14-48(15,16)38-2-4-1-5(8(43-51(23,24)25)10(45-53(29,30)31)7(4)42-50(20,21)22)40-12(13-47-55(35,36)37)11(46-54(32,33)34)9(44-52(26,27)28)6(41-12)3-39-49(17,18)19/h4-11H,1-3H2,(H,14,15,16)(H,17,18,19)(H,20,21,22)(H,23,24,25)(H,26,27,28)(H,29,30,31)(H,32,33,34)(H,35,36,37)/q-1/t4-,5+,6-,7-,8+,9-,10+,11+,12+/m1/s1. The van der Waals surface area contributed by atoms with Gasteiger partial charge >= 0.3 is 322 Å². The van der Waals surface area contributed by atoms with Crippen LogP contribution in [0, 0.1) is 5.92 Å². The fraction of sp³-hybridized carbons (Fsp3) is 1.00. The van der Waals surface area contributed by atoms with E-state index in [1.165, 1.54) is 0 Å². The molecule has 1 aliphatic heterocycles. The van der Waals surface area contributed by atoms with Crippen LogP contribution in [0.25, 0.3) is 0 Å². The zero-order valence-electron chi connectivity index (χ0n) is 25.1. The minimum atomic E-state index is -6.18. The summed E-state index contributed by atoms with van der Waals surface area (Å²) in [7, 11) is -47.7. The summed E-state index contributed by atoms with van der Waals surface area (Å²) in [5.74, 6) is -2.43. The van der Waals surface area contributed by atoms with Gasteiger partial charge in [-0.25, -0.2) is 0 Å². The van der Waals surface area contributed by atoms with Crippen LogP contribution in [-0.4, -0.2) is 163 Å². The molecule has 2 rings (SSSR count). The van der Waals surface area contributed by atoms with E-state index in [0.29, 0.717) is 0 Å². The monoisotopic (exact) mass is 1090 g/mol. The molecule has 0 aromatic carbocycles. The molecule has 1 aliphatic carbocycles. The normalized spacial score (nSPS) is 30.8. The molecule has 0 radical (unpaired) electrons. The average Bonchev–Trinajstić information content (AvgIpc) is 3.15. The van der Waals surface area contributed by atoms with Crippen molar-refractivity contribution in [1.82, 2.24) is 0 Å². The molecule has 2 aliphatic rings. The first kappa shape index (κ1) is 50.8. The topological polar surface area (TPSA) is 527 Å². The third kappa shape index (κ3) is 18.6. The van der Waals surface area contributed by atoms with Crippen LogP contribution in [-0.2, 0) is 124 Å². The number of ether oxygens (including phenoxy) is 2. The van der Waals surface area contributed by atoms with Gasteiger partial charge in [0, 0.05) is 0 Å². The Morgan fingerprint density at radius 3 is 1.31 bits per heavy atom. The predicted octanol–water partition coefficient (Wildman–Crippen LogP) is -9.15. The molecule has 8 N–H and O–H groups in total. The van der Waals surface area contributed by atoms with Gasteiger partial charge in [-0.15, -0.1) is 0 Å². The van der Waals surface area contributed by atoms with Crippen LogP contribution in [0.4, 0.5) is 0 Å². The van der Waals surface area contributed by atoms with Gasteiger partial charge in [0.2, 0.25) is 0 Å². The minimum absolute atomic E-state index is 1.57. The third-order valence-electron chi connectivity index (χ3n) is 5.83. The molecule has 9 atom stereocenters. The van der Waals surface area contributed by atoms with Gasteiger partial charge in [-0.3, -0.25) is 0 Å². The van der Waals surface area contributed by atoms with E-state index >= 15 is 0 Å². The molecule has 0 unspecified atom stereocenters. The fourth-order valence-electron chi connectivity index (χ4n) is 4.44. The van der Waals surface area contributed by atoms with E-state index in [0.717, 1.165) is 0 Å². The van der Waals surface area contributed by atoms with Crippen LogP contribution in [0.2, 0.25) is 0 Å². The van der Waals surface area contributed by atoms with Crippen LogP contribution < -0.4 is 21.6 Å². The Balaban J connectivity index is 3.07. The number of rotatable bonds is 21. The second kappa shape index (κ2) is 17.7. The van der Waals surface area contributed by atoms with Crippen LogP contribution >= 0.6 is 0 Å². The maximum atomic E-state index is 11.9. The Morgan fingerprint density at radius 1 is 0.491 bits per heavy atom. The van der Waals surface area contributed by atoms with Gasteiger partial charge in [-0.2, -0.15) is 0 Å². The summed E-state index contributed by atoms with van der Waals surface area (Å²) in [6, 6.07) is 0. The van der Waals surface area contributed by atoms with Gasteiger partial charge in [0.25, 0.3) is 0 Å². The van der Waals surface area contributed by atoms with Crippen LogP contribution in [0.15, 0.2) is 0 Å². The molecule has 0 spiro atoms. The fourth-order valence-corrected chi connectivity index (χ4v) is 11.0. The molecular weight excluding hydrogens is 1070 g/mol. The molecule has 1 saturated heterocycles. The van der Waals surface area contributed by atoms with E-state index in [9.17, 15) is 94.7 Å². The van der Waals surface area contributed by atoms with Crippen molar-refractivity contribution in [3.63, 3.8) is 0 Å². The van der Waals surface area contributed by atoms with Gasteiger partial charge in [0.05, 0.1) is 0 Å². The summed E-state index contributed by atoms with van der Waals surface area (Å²) in [4.78, 5) is 0. The predicted molar refractivity (Wildman–Crippen MR) is 150 cm³/mol. The SMILES string of the molecule is O=S(=O)(O)OC[C@H]1C[C@H](O[C@]2([I-]OS(=O)(=O)O)O[C@H](COS(=O)(=O)O)[C@@H](OS(=O)(=O)O)[C@@H]2OS(=O)(=O)O)[C@H](OS(=O)(=O)O)[C@@H](OS(=O)(=O)O)[C@@H]1OS(=O)(=O)O. The van der Waals surface area contributed by atoms with Gasteiger partial charge in [-0.1, -0.05) is 0 Å². The molecule has 330 valence electrons. The van der Waals surface area contributed by atoms with Crippen molar-refractivity contribution in [3.8, 4) is 0 Å². The van der Waals surface area contributed by atoms with Crippen molar-refractivity contribution < 1.29 is 167 Å². The van der Waals surface area contributed by atoms with E-state index in [-0.39, 0.29) is 0 Å². The number of hydrogen-bond donors (Lipinski definition) is 8. The average molecular weight is 1090 g/mol. The van der Waals surface area contributed by atoms with Gasteiger partial charge < -0.3 is 0 Å². The zero-order chi connectivity index (χ0) is 43.0. The van der Waals surface area contributed by atoms with Crippen molar-refractivity contribution in [2.24, 2.45) is 5.92 Å². The number of alkyl halides is 1. The first-order valence-corrected chi connectivity index (χ1v) is 25.2. The third-order valence-corrected chi connectivity index (χ3v) is 12.9. The summed E-state index contributed by atoms with van der Waals surface area (Å²) >= 11 is -3.70. The summed E-state index contributed by atoms with van der Waals surface area (Å²) in [5, 5.41) is 0. The summed E-state index contributed by atoms with van der Waals surface area (Å²) in [6.07, 6.45) is -23.2. The number of hydrogen-bond acceptors (Lipinski definition) is 26. The van der Waals surface area contributed by atoms with Crippen molar-refractivity contribution >= 4 is 83.2 Å².